The van der Waals surface area contributed by atoms with Gasteiger partial charge in [-0.25, -0.2) is 0 Å². The van der Waals surface area contributed by atoms with Gasteiger partial charge in [-0.2, -0.15) is 5.10 Å². The van der Waals surface area contributed by atoms with E-state index in [-0.39, 0.29) is 6.04 Å². The van der Waals surface area contributed by atoms with Crippen molar-refractivity contribution >= 4 is 0 Å². The van der Waals surface area contributed by atoms with Crippen molar-refractivity contribution in [3.05, 3.63) is 17.5 Å². The highest BCUT2D eigenvalue weighted by molar-refractivity contribution is 5.10. The van der Waals surface area contributed by atoms with Crippen LogP contribution in [0.2, 0.25) is 0 Å². The molecule has 1 atom stereocenters. The minimum Gasteiger partial charge on any atom is -0.383 e. The lowest BCUT2D eigenvalue weighted by atomic mass is 10.1. The van der Waals surface area contributed by atoms with Gasteiger partial charge in [0.1, 0.15) is 0 Å². The first-order chi connectivity index (χ1) is 7.71. The SMILES string of the molecule is CCc1cc(CCC(N)COC)n(CC)n1. The standard InChI is InChI=1S/C12H23N3O/c1-4-11-8-12(15(5-2)14-11)7-6-10(13)9-16-3/h8,10H,4-7,9,13H2,1-3H3. The van der Waals surface area contributed by atoms with Gasteiger partial charge in [0.15, 0.2) is 0 Å². The molecule has 16 heavy (non-hydrogen) atoms. The van der Waals surface area contributed by atoms with E-state index in [0.29, 0.717) is 6.61 Å². The molecule has 0 bridgehead atoms. The van der Waals surface area contributed by atoms with E-state index < -0.39 is 0 Å². The minimum atomic E-state index is 0.121. The molecule has 0 aromatic carbocycles. The third-order valence-electron chi connectivity index (χ3n) is 2.73. The second-order valence-electron chi connectivity index (χ2n) is 4.05. The zero-order chi connectivity index (χ0) is 12.0. The van der Waals surface area contributed by atoms with Gasteiger partial charge in [0, 0.05) is 25.4 Å². The summed E-state index contributed by atoms with van der Waals surface area (Å²) in [5, 5.41) is 4.52. The van der Waals surface area contributed by atoms with Crippen molar-refractivity contribution < 1.29 is 4.74 Å². The third-order valence-corrected chi connectivity index (χ3v) is 2.73. The molecule has 4 nitrogen and oxygen atoms in total. The molecular weight excluding hydrogens is 202 g/mol. The fourth-order valence-corrected chi connectivity index (χ4v) is 1.79. The van der Waals surface area contributed by atoms with Gasteiger partial charge in [0.05, 0.1) is 12.3 Å². The summed E-state index contributed by atoms with van der Waals surface area (Å²) in [5.41, 5.74) is 8.36. The molecule has 0 saturated carbocycles. The quantitative estimate of drug-likeness (QED) is 0.762. The Bertz CT molecular complexity index is 309. The van der Waals surface area contributed by atoms with Crippen LogP contribution in [0.25, 0.3) is 0 Å². The predicted molar refractivity (Wildman–Crippen MR) is 65.5 cm³/mol. The van der Waals surface area contributed by atoms with Crippen LogP contribution in [0, 0.1) is 0 Å². The monoisotopic (exact) mass is 225 g/mol. The highest BCUT2D eigenvalue weighted by atomic mass is 16.5. The molecular formula is C12H23N3O. The molecule has 1 aromatic heterocycles. The van der Waals surface area contributed by atoms with Crippen LogP contribution in [0.15, 0.2) is 6.07 Å². The van der Waals surface area contributed by atoms with Crippen molar-refractivity contribution in [1.29, 1.82) is 0 Å². The van der Waals surface area contributed by atoms with Crippen molar-refractivity contribution in [2.24, 2.45) is 5.73 Å². The summed E-state index contributed by atoms with van der Waals surface area (Å²) in [7, 11) is 1.69. The number of nitrogens with two attached hydrogens (primary N) is 1. The second-order valence-corrected chi connectivity index (χ2v) is 4.05. The Morgan fingerprint density at radius 2 is 2.25 bits per heavy atom. The third kappa shape index (κ3) is 3.61. The number of aromatic nitrogens is 2. The van der Waals surface area contributed by atoms with Crippen LogP contribution < -0.4 is 5.73 Å². The average Bonchev–Trinajstić information content (AvgIpc) is 2.69. The van der Waals surface area contributed by atoms with Gasteiger partial charge < -0.3 is 10.5 Å². The average molecular weight is 225 g/mol. The molecule has 1 heterocycles. The summed E-state index contributed by atoms with van der Waals surface area (Å²) < 4.78 is 7.10. The fraction of sp³-hybridized carbons (Fsp3) is 0.750. The van der Waals surface area contributed by atoms with E-state index in [9.17, 15) is 0 Å². The Kier molecular flexibility index (Phi) is 5.49. The molecule has 0 fully saturated rings. The molecule has 92 valence electrons. The van der Waals surface area contributed by atoms with Crippen LogP contribution >= 0.6 is 0 Å². The number of nitrogens with zero attached hydrogens (tertiary/aromatic N) is 2. The van der Waals surface area contributed by atoms with Crippen molar-refractivity contribution in [3.8, 4) is 0 Å². The van der Waals surface area contributed by atoms with Crippen molar-refractivity contribution in [3.63, 3.8) is 0 Å². The summed E-state index contributed by atoms with van der Waals surface area (Å²) in [6.07, 6.45) is 2.91. The molecule has 0 spiro atoms. The minimum absolute atomic E-state index is 0.121. The Hall–Kier alpha value is -0.870. The fourth-order valence-electron chi connectivity index (χ4n) is 1.79. The Balaban J connectivity index is 2.54. The first kappa shape index (κ1) is 13.2. The molecule has 2 N–H and O–H groups in total. The zero-order valence-corrected chi connectivity index (χ0v) is 10.6. The lowest BCUT2D eigenvalue weighted by Gasteiger charge is -2.10. The summed E-state index contributed by atoms with van der Waals surface area (Å²) in [6, 6.07) is 2.30. The summed E-state index contributed by atoms with van der Waals surface area (Å²) >= 11 is 0. The maximum absolute atomic E-state index is 5.91. The number of aryl methyl sites for hydroxylation is 3. The number of rotatable bonds is 7. The molecule has 4 heteroatoms. The lowest BCUT2D eigenvalue weighted by Crippen LogP contribution is -2.26. The van der Waals surface area contributed by atoms with Crippen LogP contribution in [-0.4, -0.2) is 29.5 Å². The molecule has 0 saturated heterocycles. The van der Waals surface area contributed by atoms with E-state index >= 15 is 0 Å². The number of methoxy groups -OCH3 is 1. The van der Waals surface area contributed by atoms with Crippen molar-refractivity contribution in [2.75, 3.05) is 13.7 Å². The van der Waals surface area contributed by atoms with Crippen LogP contribution in [0.4, 0.5) is 0 Å². The van der Waals surface area contributed by atoms with Crippen LogP contribution in [-0.2, 0) is 24.1 Å². The maximum Gasteiger partial charge on any atom is 0.0624 e. The van der Waals surface area contributed by atoms with Gasteiger partial charge in [-0.3, -0.25) is 4.68 Å². The largest absolute Gasteiger partial charge is 0.383 e. The lowest BCUT2D eigenvalue weighted by molar-refractivity contribution is 0.177. The zero-order valence-electron chi connectivity index (χ0n) is 10.6. The molecule has 0 aliphatic carbocycles. The van der Waals surface area contributed by atoms with E-state index in [1.165, 1.54) is 5.69 Å². The van der Waals surface area contributed by atoms with Gasteiger partial charge >= 0.3 is 0 Å². The van der Waals surface area contributed by atoms with E-state index in [4.69, 9.17) is 10.5 Å². The van der Waals surface area contributed by atoms with Crippen LogP contribution in [0.1, 0.15) is 31.7 Å². The highest BCUT2D eigenvalue weighted by Gasteiger charge is 2.08. The van der Waals surface area contributed by atoms with Gasteiger partial charge in [-0.05, 0) is 32.3 Å². The molecule has 1 aromatic rings. The van der Waals surface area contributed by atoms with E-state index in [0.717, 1.165) is 31.5 Å². The smallest absolute Gasteiger partial charge is 0.0624 e. The summed E-state index contributed by atoms with van der Waals surface area (Å²) in [4.78, 5) is 0. The van der Waals surface area contributed by atoms with Gasteiger partial charge in [0.2, 0.25) is 0 Å². The Morgan fingerprint density at radius 1 is 1.50 bits per heavy atom. The normalized spacial score (nSPS) is 13.0. The molecule has 0 aliphatic heterocycles. The van der Waals surface area contributed by atoms with Crippen LogP contribution in [0.3, 0.4) is 0 Å². The number of ether oxygens (including phenoxy) is 1. The van der Waals surface area contributed by atoms with Gasteiger partial charge in [-0.1, -0.05) is 6.92 Å². The molecule has 0 radical (unpaired) electrons. The molecule has 1 unspecified atom stereocenters. The first-order valence-corrected chi connectivity index (χ1v) is 6.01. The summed E-state index contributed by atoms with van der Waals surface area (Å²) in [6.45, 7) is 5.80. The van der Waals surface area contributed by atoms with Crippen LogP contribution in [0.5, 0.6) is 0 Å². The molecule has 0 amide bonds. The maximum atomic E-state index is 5.91. The molecule has 1 rings (SSSR count). The Morgan fingerprint density at radius 3 is 2.81 bits per heavy atom. The number of hydrogen-bond acceptors (Lipinski definition) is 3. The second kappa shape index (κ2) is 6.66. The Labute approximate surface area is 97.8 Å². The van der Waals surface area contributed by atoms with E-state index in [2.05, 4.69) is 29.7 Å². The molecule has 0 aliphatic rings. The summed E-state index contributed by atoms with van der Waals surface area (Å²) in [5.74, 6) is 0. The number of hydrogen-bond donors (Lipinski definition) is 1. The topological polar surface area (TPSA) is 53.1 Å². The predicted octanol–water partition coefficient (Wildman–Crippen LogP) is 1.37. The first-order valence-electron chi connectivity index (χ1n) is 6.01. The van der Waals surface area contributed by atoms with E-state index in [1.807, 2.05) is 0 Å². The van der Waals surface area contributed by atoms with Gasteiger partial charge in [0.25, 0.3) is 0 Å². The van der Waals surface area contributed by atoms with Crippen molar-refractivity contribution in [1.82, 2.24) is 9.78 Å². The highest BCUT2D eigenvalue weighted by Crippen LogP contribution is 2.09. The van der Waals surface area contributed by atoms with E-state index in [1.54, 1.807) is 7.11 Å². The van der Waals surface area contributed by atoms with Crippen molar-refractivity contribution in [2.45, 2.75) is 45.7 Å². The van der Waals surface area contributed by atoms with Gasteiger partial charge in [-0.15, -0.1) is 0 Å².